The summed E-state index contributed by atoms with van der Waals surface area (Å²) in [6.45, 7) is 4.20. The number of hydrogen-bond donors (Lipinski definition) is 2. The van der Waals surface area contributed by atoms with Crippen LogP contribution in [0.15, 0.2) is 85.1 Å². The van der Waals surface area contributed by atoms with Crippen LogP contribution in [0.25, 0.3) is 11.3 Å². The topological polar surface area (TPSA) is 115 Å². The second-order valence-electron chi connectivity index (χ2n) is 13.4. The molecular formula is C40H41F3N6O4. The maximum atomic E-state index is 13.4. The molecule has 1 atom stereocenters. The quantitative estimate of drug-likeness (QED) is 0.178. The first kappa shape index (κ1) is 37.1. The number of piperidine rings is 1. The standard InChI is InChI=1S/C40H41F3N6O4/c1-27(51)46-33-14-18-48(25-33)39(53)31-9-5-8-29(19-31)24-49(26-50)37-12-11-34(47-16-3-2-4-17-47)22-35(37)36-21-30(13-15-44-36)38(52)45-23-28-7-6-10-32(20-28)40(41,42)43/h5-13,15,19-22,26,33H,2-4,14,16-18,23-25H2,1H3,(H,45,52)(H,46,51). The van der Waals surface area contributed by atoms with Gasteiger partial charge in [0.05, 0.1) is 23.5 Å². The smallest absolute Gasteiger partial charge is 0.372 e. The lowest BCUT2D eigenvalue weighted by molar-refractivity contribution is -0.137. The van der Waals surface area contributed by atoms with Crippen molar-refractivity contribution in [3.63, 3.8) is 0 Å². The van der Waals surface area contributed by atoms with Gasteiger partial charge in [-0.1, -0.05) is 24.3 Å². The first-order valence-electron chi connectivity index (χ1n) is 17.7. The summed E-state index contributed by atoms with van der Waals surface area (Å²) >= 11 is 0. The second kappa shape index (κ2) is 16.3. The average Bonchev–Trinajstić information content (AvgIpc) is 3.63. The van der Waals surface area contributed by atoms with Crippen molar-refractivity contribution in [2.24, 2.45) is 0 Å². The fourth-order valence-corrected chi connectivity index (χ4v) is 6.90. The first-order chi connectivity index (χ1) is 25.5. The van der Waals surface area contributed by atoms with Crippen LogP contribution in [0.3, 0.4) is 0 Å². The van der Waals surface area contributed by atoms with Gasteiger partial charge in [0.2, 0.25) is 12.3 Å². The SMILES string of the molecule is CC(=O)NC1CCN(C(=O)c2cccc(CN(C=O)c3ccc(N4CCCCC4)cc3-c3cc(C(=O)NCc4cccc(C(F)(F)F)c4)ccn3)c2)C1. The normalized spacial score (nSPS) is 15.9. The van der Waals surface area contributed by atoms with Crippen LogP contribution in [-0.2, 0) is 28.9 Å². The Morgan fingerprint density at radius 2 is 1.68 bits per heavy atom. The number of carbonyl (C=O) groups is 4. The van der Waals surface area contributed by atoms with Crippen molar-refractivity contribution in [3.05, 3.63) is 113 Å². The number of halogens is 3. The van der Waals surface area contributed by atoms with E-state index >= 15 is 0 Å². The molecule has 0 radical (unpaired) electrons. The van der Waals surface area contributed by atoms with E-state index in [2.05, 4.69) is 20.5 Å². The van der Waals surface area contributed by atoms with Gasteiger partial charge in [-0.25, -0.2) is 0 Å². The molecule has 10 nitrogen and oxygen atoms in total. The van der Waals surface area contributed by atoms with E-state index in [1.165, 1.54) is 36.2 Å². The molecule has 53 heavy (non-hydrogen) atoms. The minimum Gasteiger partial charge on any atom is -0.372 e. The Labute approximate surface area is 306 Å². The highest BCUT2D eigenvalue weighted by molar-refractivity contribution is 5.97. The molecule has 2 N–H and O–H groups in total. The highest BCUT2D eigenvalue weighted by Crippen LogP contribution is 2.35. The van der Waals surface area contributed by atoms with Gasteiger partial charge in [-0.3, -0.25) is 24.2 Å². The van der Waals surface area contributed by atoms with Crippen molar-refractivity contribution in [2.45, 2.75) is 57.9 Å². The number of carbonyl (C=O) groups excluding carboxylic acids is 4. The molecule has 3 aromatic carbocycles. The number of nitrogens with zero attached hydrogens (tertiary/aromatic N) is 4. The number of amides is 4. The molecule has 3 heterocycles. The number of hydrogen-bond acceptors (Lipinski definition) is 6. The summed E-state index contributed by atoms with van der Waals surface area (Å²) in [7, 11) is 0. The largest absolute Gasteiger partial charge is 0.416 e. The molecule has 2 aliphatic rings. The van der Waals surface area contributed by atoms with Crippen LogP contribution in [0.1, 0.15) is 70.0 Å². The lowest BCUT2D eigenvalue weighted by Gasteiger charge is -2.30. The third-order valence-corrected chi connectivity index (χ3v) is 9.55. The Morgan fingerprint density at radius 3 is 2.43 bits per heavy atom. The van der Waals surface area contributed by atoms with E-state index in [-0.39, 0.29) is 36.5 Å². The van der Waals surface area contributed by atoms with Gasteiger partial charge in [-0.15, -0.1) is 0 Å². The molecule has 13 heteroatoms. The summed E-state index contributed by atoms with van der Waals surface area (Å²) in [5.41, 5.74) is 3.51. The summed E-state index contributed by atoms with van der Waals surface area (Å²) in [6.07, 6.45) is 1.64. The number of benzene rings is 3. The Kier molecular flexibility index (Phi) is 11.4. The lowest BCUT2D eigenvalue weighted by atomic mass is 10.0. The van der Waals surface area contributed by atoms with Gasteiger partial charge in [0, 0.05) is 74.3 Å². The predicted octanol–water partition coefficient (Wildman–Crippen LogP) is 6.20. The molecule has 2 aliphatic heterocycles. The van der Waals surface area contributed by atoms with E-state index in [1.807, 2.05) is 24.3 Å². The molecule has 2 fully saturated rings. The van der Waals surface area contributed by atoms with E-state index in [0.717, 1.165) is 62.1 Å². The lowest BCUT2D eigenvalue weighted by Crippen LogP contribution is -2.37. The van der Waals surface area contributed by atoms with Crippen LogP contribution in [-0.4, -0.2) is 66.2 Å². The maximum absolute atomic E-state index is 13.4. The van der Waals surface area contributed by atoms with Crippen molar-refractivity contribution < 1.29 is 32.3 Å². The highest BCUT2D eigenvalue weighted by Gasteiger charge is 2.30. The van der Waals surface area contributed by atoms with Crippen LogP contribution in [0.4, 0.5) is 24.5 Å². The van der Waals surface area contributed by atoms with Crippen molar-refractivity contribution in [3.8, 4) is 11.3 Å². The molecule has 4 aromatic rings. The van der Waals surface area contributed by atoms with Gasteiger partial charge >= 0.3 is 6.18 Å². The molecule has 0 bridgehead atoms. The third kappa shape index (κ3) is 9.21. The zero-order valence-corrected chi connectivity index (χ0v) is 29.4. The Morgan fingerprint density at radius 1 is 0.906 bits per heavy atom. The van der Waals surface area contributed by atoms with Gasteiger partial charge < -0.3 is 25.3 Å². The molecule has 0 saturated carbocycles. The molecule has 276 valence electrons. The fourth-order valence-electron chi connectivity index (χ4n) is 6.90. The molecule has 4 amide bonds. The summed E-state index contributed by atoms with van der Waals surface area (Å²) in [6, 6.07) is 20.7. The fraction of sp³-hybridized carbons (Fsp3) is 0.325. The van der Waals surface area contributed by atoms with Crippen molar-refractivity contribution in [1.29, 1.82) is 0 Å². The zero-order chi connectivity index (χ0) is 37.5. The average molecular weight is 727 g/mol. The van der Waals surface area contributed by atoms with Crippen LogP contribution in [0.2, 0.25) is 0 Å². The maximum Gasteiger partial charge on any atom is 0.416 e. The number of nitrogens with one attached hydrogen (secondary N) is 2. The number of pyridine rings is 1. The van der Waals surface area contributed by atoms with Crippen LogP contribution >= 0.6 is 0 Å². The number of aromatic nitrogens is 1. The summed E-state index contributed by atoms with van der Waals surface area (Å²) in [4.78, 5) is 61.0. The van der Waals surface area contributed by atoms with Gasteiger partial charge in [0.1, 0.15) is 0 Å². The first-order valence-corrected chi connectivity index (χ1v) is 17.7. The van der Waals surface area contributed by atoms with Gasteiger partial charge in [-0.2, -0.15) is 13.2 Å². The van der Waals surface area contributed by atoms with Gasteiger partial charge in [-0.05, 0) is 91.4 Å². The monoisotopic (exact) mass is 726 g/mol. The Hall–Kier alpha value is -5.72. The minimum atomic E-state index is -4.50. The van der Waals surface area contributed by atoms with E-state index < -0.39 is 17.6 Å². The molecular weight excluding hydrogens is 685 g/mol. The van der Waals surface area contributed by atoms with E-state index in [9.17, 15) is 32.3 Å². The number of likely N-dealkylation sites (tertiary alicyclic amines) is 1. The minimum absolute atomic E-state index is 0.0926. The third-order valence-electron chi connectivity index (χ3n) is 9.55. The van der Waals surface area contributed by atoms with E-state index in [4.69, 9.17) is 0 Å². The van der Waals surface area contributed by atoms with Gasteiger partial charge in [0.25, 0.3) is 11.8 Å². The van der Waals surface area contributed by atoms with E-state index in [1.54, 1.807) is 29.2 Å². The summed E-state index contributed by atoms with van der Waals surface area (Å²) in [5.74, 6) is -0.783. The molecule has 1 unspecified atom stereocenters. The second-order valence-corrected chi connectivity index (χ2v) is 13.4. The van der Waals surface area contributed by atoms with E-state index in [0.29, 0.717) is 47.6 Å². The number of alkyl halides is 3. The molecule has 1 aromatic heterocycles. The Balaban J connectivity index is 1.25. The highest BCUT2D eigenvalue weighted by atomic mass is 19.4. The van der Waals surface area contributed by atoms with Crippen LogP contribution < -0.4 is 20.4 Å². The Bertz CT molecular complexity index is 1980. The van der Waals surface area contributed by atoms with Crippen LogP contribution in [0, 0.1) is 0 Å². The summed E-state index contributed by atoms with van der Waals surface area (Å²) < 4.78 is 39.7. The van der Waals surface area contributed by atoms with Crippen molar-refractivity contribution >= 4 is 35.5 Å². The predicted molar refractivity (Wildman–Crippen MR) is 195 cm³/mol. The molecule has 0 aliphatic carbocycles. The molecule has 6 rings (SSSR count). The van der Waals surface area contributed by atoms with Crippen LogP contribution in [0.5, 0.6) is 0 Å². The molecule has 0 spiro atoms. The number of rotatable bonds is 11. The van der Waals surface area contributed by atoms with Crippen molar-refractivity contribution in [2.75, 3.05) is 36.0 Å². The number of anilines is 2. The van der Waals surface area contributed by atoms with Gasteiger partial charge in [0.15, 0.2) is 0 Å². The van der Waals surface area contributed by atoms with Crippen molar-refractivity contribution in [1.82, 2.24) is 20.5 Å². The summed E-state index contributed by atoms with van der Waals surface area (Å²) in [5, 5.41) is 5.57. The molecule has 2 saturated heterocycles. The zero-order valence-electron chi connectivity index (χ0n) is 29.4.